The van der Waals surface area contributed by atoms with Gasteiger partial charge in [-0.15, -0.1) is 11.6 Å². The Morgan fingerprint density at radius 3 is 3.27 bits per heavy atom. The van der Waals surface area contributed by atoms with E-state index in [0.29, 0.717) is 12.3 Å². The maximum atomic E-state index is 5.85. The number of rotatable bonds is 2. The van der Waals surface area contributed by atoms with Gasteiger partial charge < -0.3 is 4.84 Å². The minimum absolute atomic E-state index is 0.178. The summed E-state index contributed by atoms with van der Waals surface area (Å²) in [6.45, 7) is 2.43. The van der Waals surface area contributed by atoms with E-state index < -0.39 is 0 Å². The molecule has 1 aliphatic carbocycles. The van der Waals surface area contributed by atoms with Crippen molar-refractivity contribution in [1.82, 2.24) is 0 Å². The average molecular weight is 171 g/mol. The molecule has 0 saturated carbocycles. The molecule has 59 valence electrons. The standard InChI is InChI=1S/C8H9ClNO/c1-2-11-10-8-6-4-3-5-7(8)9/h3,5-7H,2H2,1H3. The van der Waals surface area contributed by atoms with Gasteiger partial charge in [-0.25, -0.2) is 0 Å². The van der Waals surface area contributed by atoms with Crippen LogP contribution in [-0.2, 0) is 4.84 Å². The van der Waals surface area contributed by atoms with E-state index in [-0.39, 0.29) is 5.38 Å². The van der Waals surface area contributed by atoms with Gasteiger partial charge in [-0.05, 0) is 19.1 Å². The molecule has 0 aromatic carbocycles. The van der Waals surface area contributed by atoms with E-state index in [0.717, 1.165) is 0 Å². The Labute approximate surface area is 71.2 Å². The van der Waals surface area contributed by atoms with Gasteiger partial charge in [-0.1, -0.05) is 17.3 Å². The molecular weight excluding hydrogens is 162 g/mol. The summed E-state index contributed by atoms with van der Waals surface area (Å²) in [5, 5.41) is 3.62. The molecule has 1 unspecified atom stereocenters. The lowest BCUT2D eigenvalue weighted by Gasteiger charge is -2.06. The molecule has 11 heavy (non-hydrogen) atoms. The smallest absolute Gasteiger partial charge is 0.114 e. The molecule has 3 heteroatoms. The third-order valence-electron chi connectivity index (χ3n) is 1.17. The van der Waals surface area contributed by atoms with Crippen LogP contribution in [0.5, 0.6) is 0 Å². The van der Waals surface area contributed by atoms with Gasteiger partial charge >= 0.3 is 0 Å². The quantitative estimate of drug-likeness (QED) is 0.458. The molecule has 1 atom stereocenters. The Morgan fingerprint density at radius 1 is 1.82 bits per heavy atom. The molecular formula is C8H9ClNO. The first-order valence-corrected chi connectivity index (χ1v) is 3.88. The molecule has 1 rings (SSSR count). The molecule has 1 aliphatic rings. The zero-order valence-electron chi connectivity index (χ0n) is 6.25. The van der Waals surface area contributed by atoms with Crippen molar-refractivity contribution < 1.29 is 4.84 Å². The predicted octanol–water partition coefficient (Wildman–Crippen LogP) is 1.92. The van der Waals surface area contributed by atoms with Gasteiger partial charge in [0.25, 0.3) is 0 Å². The lowest BCUT2D eigenvalue weighted by Crippen LogP contribution is -2.11. The van der Waals surface area contributed by atoms with Gasteiger partial charge in [0.15, 0.2) is 0 Å². The summed E-state index contributed by atoms with van der Waals surface area (Å²) in [6.07, 6.45) is 8.16. The number of allylic oxidation sites excluding steroid dienone is 4. The van der Waals surface area contributed by atoms with Crippen LogP contribution in [0.1, 0.15) is 6.92 Å². The number of hydrogen-bond acceptors (Lipinski definition) is 2. The lowest BCUT2D eigenvalue weighted by molar-refractivity contribution is 0.158. The third kappa shape index (κ3) is 2.39. The van der Waals surface area contributed by atoms with E-state index in [9.17, 15) is 0 Å². The predicted molar refractivity (Wildman–Crippen MR) is 45.7 cm³/mol. The van der Waals surface area contributed by atoms with Crippen LogP contribution >= 0.6 is 11.6 Å². The zero-order chi connectivity index (χ0) is 8.10. The number of hydrogen-bond donors (Lipinski definition) is 0. The molecule has 0 saturated heterocycles. The first-order valence-electron chi connectivity index (χ1n) is 3.44. The van der Waals surface area contributed by atoms with Crippen molar-refractivity contribution in [2.45, 2.75) is 12.3 Å². The highest BCUT2D eigenvalue weighted by atomic mass is 35.5. The van der Waals surface area contributed by atoms with E-state index in [1.54, 1.807) is 18.2 Å². The Bertz CT molecular complexity index is 208. The molecule has 0 spiro atoms. The van der Waals surface area contributed by atoms with Crippen LogP contribution in [0.15, 0.2) is 23.4 Å². The number of halogens is 1. The highest BCUT2D eigenvalue weighted by molar-refractivity contribution is 6.35. The molecule has 0 N–H and O–H groups in total. The van der Waals surface area contributed by atoms with Crippen LogP contribution in [-0.4, -0.2) is 17.7 Å². The summed E-state index contributed by atoms with van der Waals surface area (Å²) in [7, 11) is 0. The lowest BCUT2D eigenvalue weighted by atomic mass is 10.1. The fourth-order valence-corrected chi connectivity index (χ4v) is 0.843. The number of nitrogens with zero attached hydrogens (tertiary/aromatic N) is 1. The molecule has 0 aromatic rings. The van der Waals surface area contributed by atoms with Crippen molar-refractivity contribution in [2.24, 2.45) is 5.16 Å². The minimum Gasteiger partial charge on any atom is -0.396 e. The highest BCUT2D eigenvalue weighted by Crippen LogP contribution is 2.07. The van der Waals surface area contributed by atoms with Crippen LogP contribution in [0.25, 0.3) is 0 Å². The molecule has 0 amide bonds. The molecule has 2 nitrogen and oxygen atoms in total. The second-order valence-electron chi connectivity index (χ2n) is 2.01. The number of alkyl halides is 1. The first-order chi connectivity index (χ1) is 5.34. The molecule has 0 heterocycles. The van der Waals surface area contributed by atoms with Gasteiger partial charge in [-0.2, -0.15) is 0 Å². The molecule has 0 aliphatic heterocycles. The molecule has 0 bridgehead atoms. The van der Waals surface area contributed by atoms with Gasteiger partial charge in [0.2, 0.25) is 0 Å². The fraction of sp³-hybridized carbons (Fsp3) is 0.375. The monoisotopic (exact) mass is 170 g/mol. The van der Waals surface area contributed by atoms with E-state index in [4.69, 9.17) is 16.4 Å². The van der Waals surface area contributed by atoms with Crippen molar-refractivity contribution in [3.63, 3.8) is 0 Å². The largest absolute Gasteiger partial charge is 0.396 e. The van der Waals surface area contributed by atoms with E-state index in [1.807, 2.05) is 6.92 Å². The van der Waals surface area contributed by atoms with Crippen molar-refractivity contribution >= 4 is 17.3 Å². The van der Waals surface area contributed by atoms with Crippen LogP contribution < -0.4 is 0 Å². The normalized spacial score (nSPS) is 26.0. The van der Waals surface area contributed by atoms with Gasteiger partial charge in [0, 0.05) is 0 Å². The summed E-state index contributed by atoms with van der Waals surface area (Å²) < 4.78 is 0. The van der Waals surface area contributed by atoms with Gasteiger partial charge in [-0.3, -0.25) is 0 Å². The Hall–Kier alpha value is -0.760. The van der Waals surface area contributed by atoms with E-state index in [2.05, 4.69) is 11.2 Å². The van der Waals surface area contributed by atoms with Crippen molar-refractivity contribution in [3.05, 3.63) is 24.3 Å². The molecule has 1 radical (unpaired) electrons. The van der Waals surface area contributed by atoms with Crippen molar-refractivity contribution in [2.75, 3.05) is 6.61 Å². The second kappa shape index (κ2) is 4.19. The zero-order valence-corrected chi connectivity index (χ0v) is 7.01. The van der Waals surface area contributed by atoms with Crippen molar-refractivity contribution in [3.8, 4) is 0 Å². The maximum Gasteiger partial charge on any atom is 0.114 e. The Morgan fingerprint density at radius 2 is 2.64 bits per heavy atom. The summed E-state index contributed by atoms with van der Waals surface area (Å²) in [5.41, 5.74) is 0.705. The minimum atomic E-state index is -0.178. The fourth-order valence-electron chi connectivity index (χ4n) is 0.668. The molecule has 0 aromatic heterocycles. The average Bonchev–Trinajstić information content (AvgIpc) is 2.03. The van der Waals surface area contributed by atoms with Crippen LogP contribution in [0.4, 0.5) is 0 Å². The van der Waals surface area contributed by atoms with Gasteiger partial charge in [0.05, 0.1) is 5.38 Å². The first kappa shape index (κ1) is 8.34. The summed E-state index contributed by atoms with van der Waals surface area (Å²) in [6, 6.07) is 0. The SMILES string of the molecule is CCON=C1C=[C]C=CC1Cl. The van der Waals surface area contributed by atoms with Crippen LogP contribution in [0.2, 0.25) is 0 Å². The Balaban J connectivity index is 2.57. The maximum absolute atomic E-state index is 5.85. The summed E-state index contributed by atoms with van der Waals surface area (Å²) in [4.78, 5) is 4.84. The van der Waals surface area contributed by atoms with Crippen LogP contribution in [0.3, 0.4) is 0 Å². The number of oxime groups is 1. The van der Waals surface area contributed by atoms with E-state index in [1.165, 1.54) is 0 Å². The van der Waals surface area contributed by atoms with E-state index >= 15 is 0 Å². The Kier molecular flexibility index (Phi) is 3.17. The van der Waals surface area contributed by atoms with Crippen LogP contribution in [0, 0.1) is 6.08 Å². The van der Waals surface area contributed by atoms with Crippen molar-refractivity contribution in [1.29, 1.82) is 0 Å². The third-order valence-corrected chi connectivity index (χ3v) is 1.54. The highest BCUT2D eigenvalue weighted by Gasteiger charge is 2.09. The topological polar surface area (TPSA) is 21.6 Å². The second-order valence-corrected chi connectivity index (χ2v) is 2.48. The summed E-state index contributed by atoms with van der Waals surface area (Å²) in [5.74, 6) is 0. The molecule has 0 fully saturated rings. The van der Waals surface area contributed by atoms with Gasteiger partial charge in [0.1, 0.15) is 12.3 Å². The summed E-state index contributed by atoms with van der Waals surface area (Å²) >= 11 is 5.85.